The summed E-state index contributed by atoms with van der Waals surface area (Å²) in [6, 6.07) is 13.4. The highest BCUT2D eigenvalue weighted by Crippen LogP contribution is 2.20. The van der Waals surface area contributed by atoms with Gasteiger partial charge in [0.2, 0.25) is 0 Å². The lowest BCUT2D eigenvalue weighted by Crippen LogP contribution is -2.16. The van der Waals surface area contributed by atoms with E-state index in [9.17, 15) is 4.79 Å². The summed E-state index contributed by atoms with van der Waals surface area (Å²) in [7, 11) is 0. The fourth-order valence-electron chi connectivity index (χ4n) is 2.29. The molecule has 0 atom stereocenters. The molecule has 0 aliphatic rings. The fraction of sp³-hybridized carbons (Fsp3) is 0.111. The van der Waals surface area contributed by atoms with Gasteiger partial charge in [-0.3, -0.25) is 4.79 Å². The van der Waals surface area contributed by atoms with Gasteiger partial charge in [0.1, 0.15) is 0 Å². The van der Waals surface area contributed by atoms with Gasteiger partial charge in [-0.2, -0.15) is 4.99 Å². The molecule has 23 heavy (non-hydrogen) atoms. The molecule has 0 saturated heterocycles. The molecule has 0 aliphatic heterocycles. The predicted molar refractivity (Wildman–Crippen MR) is 97.4 cm³/mol. The Hall–Kier alpha value is -2.16. The maximum atomic E-state index is 12.5. The summed E-state index contributed by atoms with van der Waals surface area (Å²) in [5, 5.41) is 0. The van der Waals surface area contributed by atoms with Crippen LogP contribution in [0.5, 0.6) is 0 Å². The second kappa shape index (κ2) is 6.53. The highest BCUT2D eigenvalue weighted by atomic mass is 79.9. The van der Waals surface area contributed by atoms with Crippen molar-refractivity contribution >= 4 is 43.4 Å². The molecule has 3 nitrogen and oxygen atoms in total. The summed E-state index contributed by atoms with van der Waals surface area (Å²) in [4.78, 5) is 17.4. The zero-order valence-corrected chi connectivity index (χ0v) is 14.8. The van der Waals surface area contributed by atoms with Gasteiger partial charge in [-0.15, -0.1) is 6.42 Å². The lowest BCUT2D eigenvalue weighted by Gasteiger charge is -2.01. The highest BCUT2D eigenvalue weighted by molar-refractivity contribution is 9.10. The Morgan fingerprint density at radius 3 is 2.87 bits per heavy atom. The number of benzene rings is 2. The Morgan fingerprint density at radius 1 is 1.35 bits per heavy atom. The van der Waals surface area contributed by atoms with Gasteiger partial charge in [-0.25, -0.2) is 0 Å². The van der Waals surface area contributed by atoms with Crippen LogP contribution in [0.15, 0.2) is 51.9 Å². The molecule has 0 saturated carbocycles. The van der Waals surface area contributed by atoms with Crippen LogP contribution in [-0.2, 0) is 6.54 Å². The Balaban J connectivity index is 2.19. The van der Waals surface area contributed by atoms with E-state index in [1.165, 1.54) is 11.3 Å². The van der Waals surface area contributed by atoms with Crippen LogP contribution < -0.4 is 4.80 Å². The number of fused-ring (bicyclic) bond motifs is 1. The van der Waals surface area contributed by atoms with Crippen molar-refractivity contribution in [2.75, 3.05) is 0 Å². The van der Waals surface area contributed by atoms with Crippen molar-refractivity contribution in [3.8, 4) is 12.3 Å². The van der Waals surface area contributed by atoms with E-state index in [0.29, 0.717) is 16.9 Å². The number of halogens is 1. The van der Waals surface area contributed by atoms with Crippen molar-refractivity contribution in [1.82, 2.24) is 4.57 Å². The number of amides is 1. The molecule has 5 heteroatoms. The van der Waals surface area contributed by atoms with E-state index in [0.717, 1.165) is 20.3 Å². The third-order valence-corrected chi connectivity index (χ3v) is 5.12. The van der Waals surface area contributed by atoms with Gasteiger partial charge < -0.3 is 4.57 Å². The summed E-state index contributed by atoms with van der Waals surface area (Å²) in [6.45, 7) is 2.42. The van der Waals surface area contributed by atoms with E-state index in [1.807, 2.05) is 41.8 Å². The molecule has 0 fully saturated rings. The van der Waals surface area contributed by atoms with Crippen LogP contribution in [-0.4, -0.2) is 10.5 Å². The Bertz CT molecular complexity index is 1010. The van der Waals surface area contributed by atoms with Crippen LogP contribution in [0, 0.1) is 19.3 Å². The first-order chi connectivity index (χ1) is 11.1. The molecule has 0 spiro atoms. The third kappa shape index (κ3) is 3.14. The molecule has 3 rings (SSSR count). The number of carbonyl (C=O) groups excluding carboxylic acids is 1. The van der Waals surface area contributed by atoms with E-state index in [-0.39, 0.29) is 5.91 Å². The SMILES string of the molecule is C#CCn1c(=NC(=O)c2ccccc2Br)sc2cc(C)ccc21. The normalized spacial score (nSPS) is 11.6. The van der Waals surface area contributed by atoms with Crippen LogP contribution in [0.4, 0.5) is 0 Å². The Morgan fingerprint density at radius 2 is 2.13 bits per heavy atom. The molecule has 0 radical (unpaired) electrons. The Labute approximate surface area is 146 Å². The maximum absolute atomic E-state index is 12.5. The molecule has 0 N–H and O–H groups in total. The van der Waals surface area contributed by atoms with Gasteiger partial charge in [0.15, 0.2) is 4.80 Å². The van der Waals surface area contributed by atoms with E-state index in [2.05, 4.69) is 32.9 Å². The molecule has 0 bridgehead atoms. The molecular weight excluding hydrogens is 372 g/mol. The van der Waals surface area contributed by atoms with Gasteiger partial charge in [0, 0.05) is 4.47 Å². The van der Waals surface area contributed by atoms with E-state index in [1.54, 1.807) is 6.07 Å². The van der Waals surface area contributed by atoms with Gasteiger partial charge >= 0.3 is 0 Å². The topological polar surface area (TPSA) is 34.4 Å². The average Bonchev–Trinajstić information content (AvgIpc) is 2.84. The minimum atomic E-state index is -0.286. The van der Waals surface area contributed by atoms with E-state index >= 15 is 0 Å². The molecule has 2 aromatic carbocycles. The summed E-state index contributed by atoms with van der Waals surface area (Å²) in [5.41, 5.74) is 2.70. The zero-order chi connectivity index (χ0) is 16.4. The van der Waals surface area contributed by atoms with Crippen molar-refractivity contribution < 1.29 is 4.79 Å². The first-order valence-corrected chi connectivity index (χ1v) is 8.58. The summed E-state index contributed by atoms with van der Waals surface area (Å²) >= 11 is 4.86. The number of hydrogen-bond donors (Lipinski definition) is 0. The van der Waals surface area contributed by atoms with Gasteiger partial charge in [-0.1, -0.05) is 35.5 Å². The van der Waals surface area contributed by atoms with Crippen molar-refractivity contribution in [1.29, 1.82) is 0 Å². The van der Waals surface area contributed by atoms with Crippen LogP contribution >= 0.6 is 27.3 Å². The van der Waals surface area contributed by atoms with Crippen molar-refractivity contribution in [2.24, 2.45) is 4.99 Å². The molecule has 0 aliphatic carbocycles. The number of aryl methyl sites for hydroxylation is 1. The summed E-state index contributed by atoms with van der Waals surface area (Å²) in [6.07, 6.45) is 5.48. The number of rotatable bonds is 2. The first-order valence-electron chi connectivity index (χ1n) is 6.97. The number of carbonyl (C=O) groups is 1. The van der Waals surface area contributed by atoms with Crippen molar-refractivity contribution in [3.63, 3.8) is 0 Å². The number of aromatic nitrogens is 1. The standard InChI is InChI=1S/C18H13BrN2OS/c1-3-10-21-15-9-8-12(2)11-16(15)23-18(21)20-17(22)13-6-4-5-7-14(13)19/h1,4-9,11H,10H2,2H3. The van der Waals surface area contributed by atoms with Crippen molar-refractivity contribution in [2.45, 2.75) is 13.5 Å². The molecule has 1 amide bonds. The van der Waals surface area contributed by atoms with Gasteiger partial charge in [0.05, 0.1) is 22.3 Å². The number of hydrogen-bond acceptors (Lipinski definition) is 2. The molecule has 114 valence electrons. The number of nitrogens with zero attached hydrogens (tertiary/aromatic N) is 2. The van der Waals surface area contributed by atoms with Crippen LogP contribution in [0.2, 0.25) is 0 Å². The van der Waals surface area contributed by atoms with E-state index < -0.39 is 0 Å². The maximum Gasteiger partial charge on any atom is 0.280 e. The van der Waals surface area contributed by atoms with Crippen molar-refractivity contribution in [3.05, 3.63) is 62.9 Å². The largest absolute Gasteiger partial charge is 0.305 e. The monoisotopic (exact) mass is 384 g/mol. The fourth-order valence-corrected chi connectivity index (χ4v) is 3.87. The number of terminal acetylenes is 1. The molecule has 3 aromatic rings. The van der Waals surface area contributed by atoms with Crippen LogP contribution in [0.25, 0.3) is 10.2 Å². The van der Waals surface area contributed by atoms with E-state index in [4.69, 9.17) is 6.42 Å². The second-order valence-electron chi connectivity index (χ2n) is 5.04. The van der Waals surface area contributed by atoms with Crippen LogP contribution in [0.1, 0.15) is 15.9 Å². The first kappa shape index (κ1) is 15.7. The smallest absolute Gasteiger partial charge is 0.280 e. The molecule has 1 heterocycles. The zero-order valence-electron chi connectivity index (χ0n) is 12.4. The molecule has 1 aromatic heterocycles. The lowest BCUT2D eigenvalue weighted by molar-refractivity contribution is 0.0997. The minimum Gasteiger partial charge on any atom is -0.305 e. The molecule has 0 unspecified atom stereocenters. The second-order valence-corrected chi connectivity index (χ2v) is 6.91. The van der Waals surface area contributed by atoms with Gasteiger partial charge in [-0.05, 0) is 52.7 Å². The Kier molecular flexibility index (Phi) is 4.46. The van der Waals surface area contributed by atoms with Gasteiger partial charge in [0.25, 0.3) is 5.91 Å². The minimum absolute atomic E-state index is 0.286. The quantitative estimate of drug-likeness (QED) is 0.611. The highest BCUT2D eigenvalue weighted by Gasteiger charge is 2.11. The summed E-state index contributed by atoms with van der Waals surface area (Å²) < 4.78 is 3.70. The number of thiazole rings is 1. The van der Waals surface area contributed by atoms with Crippen LogP contribution in [0.3, 0.4) is 0 Å². The predicted octanol–water partition coefficient (Wildman–Crippen LogP) is 4.15. The third-order valence-electron chi connectivity index (χ3n) is 3.39. The summed E-state index contributed by atoms with van der Waals surface area (Å²) in [5.74, 6) is 2.35. The average molecular weight is 385 g/mol. The molecular formula is C18H13BrN2OS. The lowest BCUT2D eigenvalue weighted by atomic mass is 10.2.